The number of hydrogen-bond acceptors (Lipinski definition) is 2. The molecule has 0 spiro atoms. The second-order valence-corrected chi connectivity index (χ2v) is 1.34. The van der Waals surface area contributed by atoms with E-state index in [-0.39, 0.29) is 0 Å². The van der Waals surface area contributed by atoms with E-state index >= 15 is 0 Å². The van der Waals surface area contributed by atoms with Gasteiger partial charge in [0.15, 0.2) is 0 Å². The average molecular weight is 134 g/mol. The van der Waals surface area contributed by atoms with Crippen molar-refractivity contribution in [3.05, 3.63) is 12.7 Å². The first kappa shape index (κ1) is 7.50. The van der Waals surface area contributed by atoms with Gasteiger partial charge < -0.3 is 4.74 Å². The van der Waals surface area contributed by atoms with Gasteiger partial charge in [0.2, 0.25) is 5.90 Å². The smallest absolute Gasteiger partial charge is 0.204 e. The molecule has 0 heterocycles. The fourth-order valence-corrected chi connectivity index (χ4v) is 0.414. The molecule has 8 heavy (non-hydrogen) atoms. The van der Waals surface area contributed by atoms with E-state index in [2.05, 4.69) is 15.8 Å². The molecule has 3 heteroatoms. The van der Waals surface area contributed by atoms with Crippen molar-refractivity contribution < 1.29 is 4.74 Å². The molecule has 0 unspecified atom stereocenters. The Bertz CT molecular complexity index is 101. The van der Waals surface area contributed by atoms with E-state index in [4.69, 9.17) is 11.8 Å². The molecule has 46 valence electrons. The molecule has 0 radical (unpaired) electrons. The monoisotopic (exact) mass is 133 g/mol. The van der Waals surface area contributed by atoms with E-state index in [0.717, 1.165) is 0 Å². The van der Waals surface area contributed by atoms with Crippen LogP contribution in [0.1, 0.15) is 6.42 Å². The highest BCUT2D eigenvalue weighted by atomic mass is 35.5. The number of methoxy groups -OCH3 is 1. The summed E-state index contributed by atoms with van der Waals surface area (Å²) in [5.74, 6) is 0.488. The molecule has 0 aliphatic carbocycles. The average Bonchev–Trinajstić information content (AvgIpc) is 1.83. The fourth-order valence-electron chi connectivity index (χ4n) is 0.276. The van der Waals surface area contributed by atoms with E-state index in [1.165, 1.54) is 7.11 Å². The summed E-state index contributed by atoms with van der Waals surface area (Å²) in [4.78, 5) is 0. The van der Waals surface area contributed by atoms with Crippen molar-refractivity contribution >= 4 is 17.7 Å². The van der Waals surface area contributed by atoms with Crippen molar-refractivity contribution in [1.29, 1.82) is 0 Å². The standard InChI is InChI=1S/C5H8ClNO/c1-3-4-5(7-6)8-2/h3H,1,4H2,2H3/b7-5-. The highest BCUT2D eigenvalue weighted by Crippen LogP contribution is 1.90. The van der Waals surface area contributed by atoms with Crippen molar-refractivity contribution in [2.75, 3.05) is 7.11 Å². The molecule has 0 aliphatic rings. The van der Waals surface area contributed by atoms with Crippen molar-refractivity contribution in [2.45, 2.75) is 6.42 Å². The van der Waals surface area contributed by atoms with Crippen LogP contribution in [-0.2, 0) is 4.74 Å². The summed E-state index contributed by atoms with van der Waals surface area (Å²) in [6.45, 7) is 3.48. The van der Waals surface area contributed by atoms with Crippen molar-refractivity contribution in [3.8, 4) is 0 Å². The summed E-state index contributed by atoms with van der Waals surface area (Å²) in [6.07, 6.45) is 2.25. The van der Waals surface area contributed by atoms with Gasteiger partial charge in [0.05, 0.1) is 7.11 Å². The first-order valence-corrected chi connectivity index (χ1v) is 2.51. The Balaban J connectivity index is 3.53. The van der Waals surface area contributed by atoms with Gasteiger partial charge >= 0.3 is 0 Å². The van der Waals surface area contributed by atoms with Crippen LogP contribution in [0.5, 0.6) is 0 Å². The van der Waals surface area contributed by atoms with Gasteiger partial charge in [-0.05, 0) is 0 Å². The predicted molar refractivity (Wildman–Crippen MR) is 35.1 cm³/mol. The van der Waals surface area contributed by atoms with Crippen LogP contribution in [0.3, 0.4) is 0 Å². The molecule has 0 saturated carbocycles. The maximum Gasteiger partial charge on any atom is 0.204 e. The minimum absolute atomic E-state index is 0.488. The van der Waals surface area contributed by atoms with Gasteiger partial charge in [0, 0.05) is 18.2 Å². The molecule has 0 amide bonds. The van der Waals surface area contributed by atoms with Crippen LogP contribution in [0.25, 0.3) is 0 Å². The van der Waals surface area contributed by atoms with E-state index in [0.29, 0.717) is 12.3 Å². The normalized spacial score (nSPS) is 11.0. The minimum atomic E-state index is 0.488. The van der Waals surface area contributed by atoms with E-state index in [1.54, 1.807) is 6.08 Å². The summed E-state index contributed by atoms with van der Waals surface area (Å²) in [5, 5.41) is 0. The molecule has 0 aromatic heterocycles. The van der Waals surface area contributed by atoms with Gasteiger partial charge in [-0.3, -0.25) is 0 Å². The van der Waals surface area contributed by atoms with Crippen LogP contribution in [0.15, 0.2) is 17.2 Å². The Morgan fingerprint density at radius 3 is 2.75 bits per heavy atom. The van der Waals surface area contributed by atoms with Gasteiger partial charge in [-0.25, -0.2) is 0 Å². The van der Waals surface area contributed by atoms with Crippen LogP contribution < -0.4 is 0 Å². The Labute approximate surface area is 53.9 Å². The molecule has 0 saturated heterocycles. The van der Waals surface area contributed by atoms with Gasteiger partial charge in [0.25, 0.3) is 0 Å². The topological polar surface area (TPSA) is 21.6 Å². The van der Waals surface area contributed by atoms with Crippen LogP contribution in [0.2, 0.25) is 0 Å². The number of halogens is 1. The Morgan fingerprint density at radius 2 is 2.62 bits per heavy atom. The van der Waals surface area contributed by atoms with Crippen LogP contribution in [-0.4, -0.2) is 13.0 Å². The number of nitrogens with zero attached hydrogens (tertiary/aromatic N) is 1. The molecule has 2 nitrogen and oxygen atoms in total. The van der Waals surface area contributed by atoms with E-state index in [1.807, 2.05) is 0 Å². The van der Waals surface area contributed by atoms with E-state index < -0.39 is 0 Å². The third-order valence-corrected chi connectivity index (χ3v) is 0.837. The lowest BCUT2D eigenvalue weighted by Crippen LogP contribution is -1.96. The Hall–Kier alpha value is -0.500. The SMILES string of the molecule is C=CC/C(=N/Cl)OC. The molecular formula is C5H8ClNO. The first-order valence-electron chi connectivity index (χ1n) is 2.18. The highest BCUT2D eigenvalue weighted by Gasteiger charge is 1.89. The molecule has 0 bridgehead atoms. The summed E-state index contributed by atoms with van der Waals surface area (Å²) in [5.41, 5.74) is 0. The summed E-state index contributed by atoms with van der Waals surface area (Å²) in [6, 6.07) is 0. The number of ether oxygens (including phenoxy) is 1. The highest BCUT2D eigenvalue weighted by molar-refractivity contribution is 6.19. The third kappa shape index (κ3) is 2.64. The maximum atomic E-state index is 5.06. The number of rotatable bonds is 2. The zero-order valence-electron chi connectivity index (χ0n) is 4.72. The zero-order valence-corrected chi connectivity index (χ0v) is 5.48. The second-order valence-electron chi connectivity index (χ2n) is 1.18. The van der Waals surface area contributed by atoms with Gasteiger partial charge in [-0.1, -0.05) is 6.08 Å². The lowest BCUT2D eigenvalue weighted by atomic mass is 10.4. The van der Waals surface area contributed by atoms with E-state index in [9.17, 15) is 0 Å². The molecule has 0 N–H and O–H groups in total. The molecule has 0 aromatic carbocycles. The van der Waals surface area contributed by atoms with Crippen molar-refractivity contribution in [2.24, 2.45) is 4.51 Å². The summed E-state index contributed by atoms with van der Waals surface area (Å²) >= 11 is 5.06. The van der Waals surface area contributed by atoms with Gasteiger partial charge in [-0.15, -0.1) is 11.1 Å². The van der Waals surface area contributed by atoms with Gasteiger partial charge in [-0.2, -0.15) is 0 Å². The third-order valence-electron chi connectivity index (χ3n) is 0.649. The molecule has 0 atom stereocenters. The van der Waals surface area contributed by atoms with Crippen LogP contribution >= 0.6 is 11.8 Å². The maximum absolute atomic E-state index is 5.06. The van der Waals surface area contributed by atoms with Crippen molar-refractivity contribution in [3.63, 3.8) is 0 Å². The van der Waals surface area contributed by atoms with Crippen molar-refractivity contribution in [1.82, 2.24) is 0 Å². The fraction of sp³-hybridized carbons (Fsp3) is 0.400. The lowest BCUT2D eigenvalue weighted by molar-refractivity contribution is 0.396. The zero-order chi connectivity index (χ0) is 6.41. The molecular weight excluding hydrogens is 126 g/mol. The summed E-state index contributed by atoms with van der Waals surface area (Å²) < 4.78 is 7.98. The quantitative estimate of drug-likeness (QED) is 0.320. The van der Waals surface area contributed by atoms with Gasteiger partial charge in [0.1, 0.15) is 0 Å². The molecule has 0 aromatic rings. The lowest BCUT2D eigenvalue weighted by Gasteiger charge is -1.95. The largest absolute Gasteiger partial charge is 0.483 e. The Morgan fingerprint density at radius 1 is 2.00 bits per heavy atom. The van der Waals surface area contributed by atoms with Crippen LogP contribution in [0, 0.1) is 0 Å². The molecule has 0 aliphatic heterocycles. The van der Waals surface area contributed by atoms with Crippen LogP contribution in [0.4, 0.5) is 0 Å². The molecule has 0 fully saturated rings. The predicted octanol–water partition coefficient (Wildman–Crippen LogP) is 1.76. The second kappa shape index (κ2) is 4.65. The number of hydrogen-bond donors (Lipinski definition) is 0. The first-order chi connectivity index (χ1) is 3.85. The summed E-state index contributed by atoms with van der Waals surface area (Å²) in [7, 11) is 1.52. The Kier molecular flexibility index (Phi) is 4.36. The minimum Gasteiger partial charge on any atom is -0.483 e. The molecule has 0 rings (SSSR count).